The van der Waals surface area contributed by atoms with Crippen LogP contribution in [0, 0.1) is 0 Å². The van der Waals surface area contributed by atoms with Gasteiger partial charge in [-0.1, -0.05) is 154 Å². The highest BCUT2D eigenvalue weighted by Gasteiger charge is 2.44. The Morgan fingerprint density at radius 3 is 1.51 bits per heavy atom. The summed E-state index contributed by atoms with van der Waals surface area (Å²) in [6.07, 6.45) is -2.98. The van der Waals surface area contributed by atoms with Gasteiger partial charge in [-0.2, -0.15) is 8.42 Å². The monoisotopic (exact) mass is 807 g/mol. The molecule has 0 bridgehead atoms. The van der Waals surface area contributed by atoms with Crippen LogP contribution >= 0.6 is 11.8 Å². The van der Waals surface area contributed by atoms with E-state index in [1.54, 1.807) is 0 Å². The van der Waals surface area contributed by atoms with E-state index in [2.05, 4.69) is 33.9 Å². The van der Waals surface area contributed by atoms with E-state index < -0.39 is 42.9 Å². The van der Waals surface area contributed by atoms with Gasteiger partial charge < -0.3 is 23.5 Å². The summed E-state index contributed by atoms with van der Waals surface area (Å²) in [5.74, 6) is 0.662. The van der Waals surface area contributed by atoms with Crippen molar-refractivity contribution in [2.24, 2.45) is 5.16 Å². The SMILES string of the molecule is CCS/C(=N\O[Si](C)(C)C(C)(C)C)[C@@H](OCc1ccccc1)[C@@H](OCc1ccccc1)[C@@H](OCc1ccccc1)[C@H](COCc1ccccc1)OS(C)(=O)=O. The fourth-order valence-corrected chi connectivity index (χ4v) is 7.27. The van der Waals surface area contributed by atoms with E-state index >= 15 is 0 Å². The van der Waals surface area contributed by atoms with Crippen molar-refractivity contribution in [2.75, 3.05) is 18.6 Å². The van der Waals surface area contributed by atoms with Crippen LogP contribution in [0.4, 0.5) is 0 Å². The van der Waals surface area contributed by atoms with Crippen molar-refractivity contribution < 1.29 is 36.1 Å². The third-order valence-electron chi connectivity index (χ3n) is 9.23. The number of oxime groups is 1. The predicted octanol–water partition coefficient (Wildman–Crippen LogP) is 9.39. The highest BCUT2D eigenvalue weighted by Crippen LogP contribution is 2.37. The summed E-state index contributed by atoms with van der Waals surface area (Å²) in [5.41, 5.74) is 3.67. The number of ether oxygens (including phenoxy) is 4. The molecule has 4 atom stereocenters. The summed E-state index contributed by atoms with van der Waals surface area (Å²) >= 11 is 1.49. The van der Waals surface area contributed by atoms with E-state index in [1.807, 2.05) is 128 Å². The Kier molecular flexibility index (Phi) is 17.6. The van der Waals surface area contributed by atoms with Gasteiger partial charge in [-0.15, -0.1) is 11.8 Å². The first kappa shape index (κ1) is 44.4. The molecule has 0 aliphatic heterocycles. The van der Waals surface area contributed by atoms with E-state index in [-0.39, 0.29) is 38.1 Å². The molecular weight excluding hydrogens is 751 g/mol. The molecule has 0 N–H and O–H groups in total. The lowest BCUT2D eigenvalue weighted by molar-refractivity contribution is -0.168. The van der Waals surface area contributed by atoms with E-state index in [0.717, 1.165) is 28.5 Å². The van der Waals surface area contributed by atoms with E-state index in [1.165, 1.54) is 11.8 Å². The molecule has 0 aromatic heterocycles. The highest BCUT2D eigenvalue weighted by atomic mass is 32.2. The first-order valence-corrected chi connectivity index (χ1v) is 24.3. The fourth-order valence-electron chi connectivity index (χ4n) is 5.24. The number of thioether (sulfide) groups is 1. The molecule has 12 heteroatoms. The Bertz CT molecular complexity index is 1810. The normalized spacial score (nSPS) is 14.9. The van der Waals surface area contributed by atoms with Gasteiger partial charge in [-0.05, 0) is 46.1 Å². The van der Waals surface area contributed by atoms with Crippen LogP contribution in [0.15, 0.2) is 126 Å². The molecule has 0 spiro atoms. The number of benzene rings is 4. The molecule has 4 aromatic carbocycles. The number of hydrogen-bond donors (Lipinski definition) is 0. The second-order valence-electron chi connectivity index (χ2n) is 14.8. The van der Waals surface area contributed by atoms with Crippen LogP contribution in [-0.4, -0.2) is 64.8 Å². The van der Waals surface area contributed by atoms with Gasteiger partial charge >= 0.3 is 0 Å². The van der Waals surface area contributed by atoms with Gasteiger partial charge in [0.15, 0.2) is 0 Å². The summed E-state index contributed by atoms with van der Waals surface area (Å²) in [6, 6.07) is 39.0. The van der Waals surface area contributed by atoms with Gasteiger partial charge in [0.2, 0.25) is 0 Å². The average Bonchev–Trinajstić information content (AvgIpc) is 3.16. The minimum atomic E-state index is -4.02. The topological polar surface area (TPSA) is 102 Å². The summed E-state index contributed by atoms with van der Waals surface area (Å²) < 4.78 is 65.2. The van der Waals surface area contributed by atoms with Gasteiger partial charge in [0.05, 0.1) is 39.3 Å². The van der Waals surface area contributed by atoms with Crippen molar-refractivity contribution in [2.45, 2.75) is 96.7 Å². The van der Waals surface area contributed by atoms with Crippen LogP contribution in [0.2, 0.25) is 18.1 Å². The second kappa shape index (κ2) is 21.8. The predicted molar refractivity (Wildman–Crippen MR) is 225 cm³/mol. The summed E-state index contributed by atoms with van der Waals surface area (Å²) in [4.78, 5) is 0. The molecule has 0 saturated carbocycles. The van der Waals surface area contributed by atoms with E-state index in [4.69, 9.17) is 32.8 Å². The van der Waals surface area contributed by atoms with Crippen molar-refractivity contribution in [3.63, 3.8) is 0 Å². The zero-order valence-corrected chi connectivity index (χ0v) is 35.8. The first-order chi connectivity index (χ1) is 26.3. The van der Waals surface area contributed by atoms with Crippen molar-refractivity contribution in [1.29, 1.82) is 0 Å². The first-order valence-electron chi connectivity index (χ1n) is 18.6. The summed E-state index contributed by atoms with van der Waals surface area (Å²) in [7, 11) is -6.39. The molecule has 0 aliphatic rings. The molecule has 0 saturated heterocycles. The third-order valence-corrected chi connectivity index (χ3v) is 14.9. The molecule has 0 radical (unpaired) electrons. The van der Waals surface area contributed by atoms with Crippen LogP contribution in [0.1, 0.15) is 49.9 Å². The molecule has 298 valence electrons. The Morgan fingerprint density at radius 1 is 0.673 bits per heavy atom. The standard InChI is InChI=1S/C43H57NO8S2Si/c1-8-53-42(44-52-55(6,7)43(2,3)4)41(50-32-37-27-19-12-20-28-37)40(49-31-36-25-17-11-18-26-36)39(48-30-35-23-15-10-16-24-35)38(51-54(5,45)46)33-47-29-34-21-13-9-14-22-34/h9-28,38-41H,8,29-33H2,1-7H3/b44-42-/t38-,39-,40-,41-/m0/s1. The second-order valence-corrected chi connectivity index (χ2v) is 22.4. The molecule has 9 nitrogen and oxygen atoms in total. The van der Waals surface area contributed by atoms with Crippen LogP contribution in [0.25, 0.3) is 0 Å². The lowest BCUT2D eigenvalue weighted by Crippen LogP contribution is -2.53. The van der Waals surface area contributed by atoms with Crippen LogP contribution in [-0.2, 0) is 64.2 Å². The molecule has 0 amide bonds. The molecular formula is C43H57NO8S2Si. The van der Waals surface area contributed by atoms with E-state index in [9.17, 15) is 8.42 Å². The molecule has 0 unspecified atom stereocenters. The van der Waals surface area contributed by atoms with Gasteiger partial charge in [0, 0.05) is 0 Å². The summed E-state index contributed by atoms with van der Waals surface area (Å²) in [5, 5.41) is 5.30. The van der Waals surface area contributed by atoms with Crippen molar-refractivity contribution >= 4 is 35.2 Å². The van der Waals surface area contributed by atoms with Crippen LogP contribution < -0.4 is 0 Å². The largest absolute Gasteiger partial charge is 0.454 e. The van der Waals surface area contributed by atoms with Crippen molar-refractivity contribution in [1.82, 2.24) is 0 Å². The lowest BCUT2D eigenvalue weighted by Gasteiger charge is -2.38. The lowest BCUT2D eigenvalue weighted by atomic mass is 10.0. The van der Waals surface area contributed by atoms with Gasteiger partial charge in [0.1, 0.15) is 29.5 Å². The molecule has 55 heavy (non-hydrogen) atoms. The Hall–Kier alpha value is -3.33. The summed E-state index contributed by atoms with van der Waals surface area (Å²) in [6.45, 7) is 13.4. The third kappa shape index (κ3) is 15.3. The maximum absolute atomic E-state index is 13.0. The molecule has 0 heterocycles. The van der Waals surface area contributed by atoms with E-state index in [0.29, 0.717) is 10.8 Å². The smallest absolute Gasteiger partial charge is 0.286 e. The maximum atomic E-state index is 13.0. The molecule has 4 aromatic rings. The van der Waals surface area contributed by atoms with Crippen LogP contribution in [0.3, 0.4) is 0 Å². The average molecular weight is 808 g/mol. The Balaban J connectivity index is 1.87. The quantitative estimate of drug-likeness (QED) is 0.0253. The number of nitrogens with zero attached hydrogens (tertiary/aromatic N) is 1. The zero-order chi connectivity index (χ0) is 39.7. The molecule has 0 aliphatic carbocycles. The Labute approximate surface area is 334 Å². The highest BCUT2D eigenvalue weighted by molar-refractivity contribution is 8.14. The van der Waals surface area contributed by atoms with Crippen molar-refractivity contribution in [3.05, 3.63) is 144 Å². The van der Waals surface area contributed by atoms with Crippen molar-refractivity contribution in [3.8, 4) is 0 Å². The zero-order valence-electron chi connectivity index (χ0n) is 33.1. The van der Waals surface area contributed by atoms with Crippen LogP contribution in [0.5, 0.6) is 0 Å². The minimum Gasteiger partial charge on any atom is -0.454 e. The number of hydrogen-bond acceptors (Lipinski definition) is 10. The molecule has 0 fully saturated rings. The van der Waals surface area contributed by atoms with Gasteiger partial charge in [0.25, 0.3) is 18.4 Å². The van der Waals surface area contributed by atoms with Gasteiger partial charge in [-0.3, -0.25) is 4.18 Å². The van der Waals surface area contributed by atoms with Gasteiger partial charge in [-0.25, -0.2) is 0 Å². The Morgan fingerprint density at radius 2 is 1.09 bits per heavy atom. The fraction of sp³-hybridized carbons (Fsp3) is 0.419. The molecule has 4 rings (SSSR count). The maximum Gasteiger partial charge on any atom is 0.286 e. The number of rotatable bonds is 22. The minimum absolute atomic E-state index is 0.117.